The van der Waals surface area contributed by atoms with Gasteiger partial charge in [-0.25, -0.2) is 9.97 Å². The van der Waals surface area contributed by atoms with Crippen molar-refractivity contribution in [3.63, 3.8) is 0 Å². The fourth-order valence-corrected chi connectivity index (χ4v) is 5.71. The zero-order valence-electron chi connectivity index (χ0n) is 17.6. The third kappa shape index (κ3) is 5.13. The SMILES string of the molecule is COCc1nc(N(C[C@H](N)Cc2cccc(Cl)c2)C(C)=O)sc1-c1nc2ccncc2s1. The molecule has 3 heterocycles. The topological polar surface area (TPSA) is 94.2 Å². The predicted molar refractivity (Wildman–Crippen MR) is 130 cm³/mol. The zero-order chi connectivity index (χ0) is 22.7. The Morgan fingerprint density at radius 2 is 2.12 bits per heavy atom. The third-order valence-corrected chi connectivity index (χ3v) is 7.28. The van der Waals surface area contributed by atoms with Gasteiger partial charge in [0, 0.05) is 44.0 Å². The molecule has 0 aliphatic carbocycles. The van der Waals surface area contributed by atoms with E-state index in [0.29, 0.717) is 29.7 Å². The Labute approximate surface area is 198 Å². The number of aromatic nitrogens is 3. The van der Waals surface area contributed by atoms with E-state index in [1.807, 2.05) is 30.3 Å². The van der Waals surface area contributed by atoms with E-state index < -0.39 is 0 Å². The van der Waals surface area contributed by atoms with E-state index in [1.165, 1.54) is 18.3 Å². The summed E-state index contributed by atoms with van der Waals surface area (Å²) in [5.74, 6) is -0.121. The molecule has 1 amide bonds. The zero-order valence-corrected chi connectivity index (χ0v) is 20.0. The molecule has 0 bridgehead atoms. The maximum absolute atomic E-state index is 12.5. The highest BCUT2D eigenvalue weighted by atomic mass is 35.5. The van der Waals surface area contributed by atoms with Crippen molar-refractivity contribution in [1.29, 1.82) is 0 Å². The van der Waals surface area contributed by atoms with Crippen molar-refractivity contribution in [3.05, 3.63) is 59.0 Å². The van der Waals surface area contributed by atoms with Gasteiger partial charge in [-0.1, -0.05) is 35.1 Å². The number of methoxy groups -OCH3 is 1. The second kappa shape index (κ2) is 10.0. The first-order valence-electron chi connectivity index (χ1n) is 9.92. The number of carbonyl (C=O) groups is 1. The number of thiazole rings is 2. The number of pyridine rings is 1. The number of carbonyl (C=O) groups excluding carboxylic acids is 1. The number of fused-ring (bicyclic) bond motifs is 1. The minimum Gasteiger partial charge on any atom is -0.378 e. The Morgan fingerprint density at radius 3 is 2.84 bits per heavy atom. The molecule has 32 heavy (non-hydrogen) atoms. The number of nitrogens with zero attached hydrogens (tertiary/aromatic N) is 4. The third-order valence-electron chi connectivity index (χ3n) is 4.77. The summed E-state index contributed by atoms with van der Waals surface area (Å²) in [5, 5.41) is 2.08. The van der Waals surface area contributed by atoms with E-state index >= 15 is 0 Å². The largest absolute Gasteiger partial charge is 0.378 e. The van der Waals surface area contributed by atoms with Crippen molar-refractivity contribution in [2.45, 2.75) is 26.0 Å². The molecule has 2 N–H and O–H groups in total. The van der Waals surface area contributed by atoms with Gasteiger partial charge in [-0.05, 0) is 30.2 Å². The second-order valence-corrected chi connectivity index (χ2v) is 9.74. The van der Waals surface area contributed by atoms with Gasteiger partial charge in [0.25, 0.3) is 0 Å². The van der Waals surface area contributed by atoms with Crippen LogP contribution in [0.5, 0.6) is 0 Å². The molecule has 166 valence electrons. The van der Waals surface area contributed by atoms with E-state index in [1.54, 1.807) is 35.7 Å². The second-order valence-electron chi connectivity index (χ2n) is 7.29. The quantitative estimate of drug-likeness (QED) is 0.392. The summed E-state index contributed by atoms with van der Waals surface area (Å²) in [5.41, 5.74) is 9.04. The fourth-order valence-electron chi connectivity index (χ4n) is 3.34. The fraction of sp³-hybridized carbons (Fsp3) is 0.273. The van der Waals surface area contributed by atoms with Crippen molar-refractivity contribution >= 4 is 55.5 Å². The molecule has 0 aliphatic heterocycles. The number of ether oxygens (including phenoxy) is 1. The molecule has 1 atom stereocenters. The van der Waals surface area contributed by atoms with Crippen LogP contribution < -0.4 is 10.6 Å². The first kappa shape index (κ1) is 22.8. The molecule has 10 heteroatoms. The Kier molecular flexibility index (Phi) is 7.12. The minimum atomic E-state index is -0.274. The number of amides is 1. The summed E-state index contributed by atoms with van der Waals surface area (Å²) in [4.78, 5) is 28.6. The lowest BCUT2D eigenvalue weighted by Crippen LogP contribution is -2.41. The Bertz CT molecular complexity index is 1210. The molecule has 4 aromatic rings. The van der Waals surface area contributed by atoms with Crippen LogP contribution in [-0.2, 0) is 22.6 Å². The summed E-state index contributed by atoms with van der Waals surface area (Å²) in [6.07, 6.45) is 4.11. The summed E-state index contributed by atoms with van der Waals surface area (Å²) < 4.78 is 6.35. The molecule has 0 spiro atoms. The van der Waals surface area contributed by atoms with Crippen LogP contribution in [0, 0.1) is 0 Å². The smallest absolute Gasteiger partial charge is 0.225 e. The Balaban J connectivity index is 1.62. The first-order valence-corrected chi connectivity index (χ1v) is 11.9. The van der Waals surface area contributed by atoms with E-state index in [-0.39, 0.29) is 11.9 Å². The number of hydrogen-bond acceptors (Lipinski definition) is 8. The van der Waals surface area contributed by atoms with Gasteiger partial charge in [0.15, 0.2) is 5.13 Å². The summed E-state index contributed by atoms with van der Waals surface area (Å²) in [7, 11) is 1.62. The minimum absolute atomic E-state index is 0.121. The van der Waals surface area contributed by atoms with Crippen LogP contribution in [-0.4, -0.2) is 40.6 Å². The van der Waals surface area contributed by atoms with E-state index in [0.717, 1.165) is 31.4 Å². The molecule has 7 nitrogen and oxygen atoms in total. The summed E-state index contributed by atoms with van der Waals surface area (Å²) in [6.45, 7) is 2.18. The highest BCUT2D eigenvalue weighted by molar-refractivity contribution is 7.26. The summed E-state index contributed by atoms with van der Waals surface area (Å²) in [6, 6.07) is 9.19. The Morgan fingerprint density at radius 1 is 1.28 bits per heavy atom. The molecule has 1 aromatic carbocycles. The molecule has 4 rings (SSSR count). The first-order chi connectivity index (χ1) is 15.4. The molecule has 0 saturated carbocycles. The van der Waals surface area contributed by atoms with Gasteiger partial charge in [-0.2, -0.15) is 0 Å². The lowest BCUT2D eigenvalue weighted by Gasteiger charge is -2.22. The molecule has 0 saturated heterocycles. The van der Waals surface area contributed by atoms with Crippen LogP contribution in [0.25, 0.3) is 20.1 Å². The number of hydrogen-bond donors (Lipinski definition) is 1. The van der Waals surface area contributed by atoms with Crippen molar-refractivity contribution in [2.75, 3.05) is 18.6 Å². The van der Waals surface area contributed by atoms with Crippen molar-refractivity contribution < 1.29 is 9.53 Å². The number of halogens is 1. The van der Waals surface area contributed by atoms with Gasteiger partial charge >= 0.3 is 0 Å². The van der Waals surface area contributed by atoms with E-state index in [2.05, 4.69) is 4.98 Å². The number of anilines is 1. The highest BCUT2D eigenvalue weighted by Crippen LogP contribution is 2.39. The van der Waals surface area contributed by atoms with Crippen molar-refractivity contribution in [3.8, 4) is 9.88 Å². The maximum atomic E-state index is 12.5. The van der Waals surface area contributed by atoms with Crippen LogP contribution in [0.1, 0.15) is 18.2 Å². The van der Waals surface area contributed by atoms with Gasteiger partial charge in [0.05, 0.1) is 27.4 Å². The highest BCUT2D eigenvalue weighted by Gasteiger charge is 2.24. The monoisotopic (exact) mass is 487 g/mol. The van der Waals surface area contributed by atoms with Gasteiger partial charge < -0.3 is 10.5 Å². The van der Waals surface area contributed by atoms with Crippen LogP contribution >= 0.6 is 34.3 Å². The molecular formula is C22H22ClN5O2S2. The molecular weight excluding hydrogens is 466 g/mol. The van der Waals surface area contributed by atoms with Gasteiger partial charge in [0.2, 0.25) is 5.91 Å². The van der Waals surface area contributed by atoms with Gasteiger partial charge in [0.1, 0.15) is 5.01 Å². The maximum Gasteiger partial charge on any atom is 0.225 e. The average Bonchev–Trinajstić information content (AvgIpc) is 3.36. The molecule has 0 fully saturated rings. The number of nitrogens with two attached hydrogens (primary N) is 1. The molecule has 0 radical (unpaired) electrons. The molecule has 3 aromatic heterocycles. The van der Waals surface area contributed by atoms with Crippen LogP contribution in [0.4, 0.5) is 5.13 Å². The van der Waals surface area contributed by atoms with Crippen molar-refractivity contribution in [2.24, 2.45) is 5.73 Å². The van der Waals surface area contributed by atoms with Crippen LogP contribution in [0.15, 0.2) is 42.7 Å². The lowest BCUT2D eigenvalue weighted by atomic mass is 10.1. The van der Waals surface area contributed by atoms with Crippen LogP contribution in [0.3, 0.4) is 0 Å². The number of benzene rings is 1. The molecule has 0 unspecified atom stereocenters. The van der Waals surface area contributed by atoms with Gasteiger partial charge in [-0.3, -0.25) is 14.7 Å². The summed E-state index contributed by atoms with van der Waals surface area (Å²) >= 11 is 9.04. The Hall–Kier alpha value is -2.43. The van der Waals surface area contributed by atoms with Gasteiger partial charge in [-0.15, -0.1) is 11.3 Å². The predicted octanol–water partition coefficient (Wildman–Crippen LogP) is 4.54. The standard InChI is InChI=1S/C22H22ClN5O2S2/c1-13(29)28(11-16(24)9-14-4-3-5-15(23)8-14)22-27-18(12-30-2)20(32-22)21-26-17-6-7-25-10-19(17)31-21/h3-8,10,16H,9,11-12,24H2,1-2H3/t16-/m1/s1. The lowest BCUT2D eigenvalue weighted by molar-refractivity contribution is -0.116. The van der Waals surface area contributed by atoms with E-state index in [4.69, 9.17) is 32.0 Å². The normalized spacial score (nSPS) is 12.2. The molecule has 0 aliphatic rings. The van der Waals surface area contributed by atoms with Crippen LogP contribution in [0.2, 0.25) is 5.02 Å². The number of rotatable bonds is 8. The average molecular weight is 488 g/mol. The van der Waals surface area contributed by atoms with E-state index in [9.17, 15) is 4.79 Å². The van der Waals surface area contributed by atoms with Crippen molar-refractivity contribution in [1.82, 2.24) is 15.0 Å².